The van der Waals surface area contributed by atoms with E-state index in [1.54, 1.807) is 0 Å². The number of hydrogen-bond donors (Lipinski definition) is 2. The summed E-state index contributed by atoms with van der Waals surface area (Å²) in [6, 6.07) is 4.80. The first-order valence-corrected chi connectivity index (χ1v) is 8.69. The summed E-state index contributed by atoms with van der Waals surface area (Å²) in [7, 11) is 0. The number of nitrogens with zero attached hydrogens (tertiary/aromatic N) is 1. The van der Waals surface area contributed by atoms with Crippen LogP contribution in [-0.2, 0) is 13.0 Å². The number of halogens is 1. The van der Waals surface area contributed by atoms with Crippen LogP contribution in [0.3, 0.4) is 0 Å². The second kappa shape index (κ2) is 8.78. The third-order valence-corrected chi connectivity index (χ3v) is 4.05. The smallest absolute Gasteiger partial charge is 0.191 e. The van der Waals surface area contributed by atoms with Crippen molar-refractivity contribution in [1.82, 2.24) is 10.6 Å². The molecule has 24 heavy (non-hydrogen) atoms. The molecule has 0 aromatic heterocycles. The van der Waals surface area contributed by atoms with E-state index in [9.17, 15) is 0 Å². The SMILES string of the molecule is CCNC(=NCc1cc2c(cc1OCC)CC(C)O2)NC1CC1.I. The highest BCUT2D eigenvalue weighted by atomic mass is 127. The molecule has 1 saturated carbocycles. The molecule has 1 atom stereocenters. The number of aliphatic imine (C=N–C) groups is 1. The van der Waals surface area contributed by atoms with Crippen LogP contribution < -0.4 is 20.1 Å². The zero-order valence-corrected chi connectivity index (χ0v) is 17.1. The predicted molar refractivity (Wildman–Crippen MR) is 108 cm³/mol. The summed E-state index contributed by atoms with van der Waals surface area (Å²) in [6.45, 7) is 8.30. The lowest BCUT2D eigenvalue weighted by Crippen LogP contribution is -2.38. The lowest BCUT2D eigenvalue weighted by Gasteiger charge is -2.13. The van der Waals surface area contributed by atoms with Crippen molar-refractivity contribution < 1.29 is 9.47 Å². The lowest BCUT2D eigenvalue weighted by molar-refractivity contribution is 0.254. The molecule has 1 aromatic rings. The van der Waals surface area contributed by atoms with Gasteiger partial charge in [0.15, 0.2) is 5.96 Å². The lowest BCUT2D eigenvalue weighted by atomic mass is 10.1. The molecule has 1 fully saturated rings. The number of guanidine groups is 1. The fourth-order valence-electron chi connectivity index (χ4n) is 2.80. The Morgan fingerprint density at radius 2 is 2.12 bits per heavy atom. The van der Waals surface area contributed by atoms with Gasteiger partial charge in [0.25, 0.3) is 0 Å². The van der Waals surface area contributed by atoms with Crippen molar-refractivity contribution in [3.63, 3.8) is 0 Å². The van der Waals surface area contributed by atoms with Crippen LogP contribution in [0.1, 0.15) is 44.7 Å². The Hall–Kier alpha value is -1.18. The molecule has 1 aromatic carbocycles. The van der Waals surface area contributed by atoms with E-state index in [4.69, 9.17) is 14.5 Å². The van der Waals surface area contributed by atoms with Crippen LogP contribution in [0, 0.1) is 0 Å². The third-order valence-electron chi connectivity index (χ3n) is 4.05. The quantitative estimate of drug-likeness (QED) is 0.401. The molecule has 1 aliphatic heterocycles. The van der Waals surface area contributed by atoms with Crippen LogP contribution in [0.15, 0.2) is 17.1 Å². The van der Waals surface area contributed by atoms with Gasteiger partial charge in [0.2, 0.25) is 0 Å². The number of nitrogens with one attached hydrogen (secondary N) is 2. The largest absolute Gasteiger partial charge is 0.494 e. The van der Waals surface area contributed by atoms with E-state index in [-0.39, 0.29) is 30.1 Å². The van der Waals surface area contributed by atoms with E-state index >= 15 is 0 Å². The van der Waals surface area contributed by atoms with Crippen LogP contribution in [0.2, 0.25) is 0 Å². The standard InChI is InChI=1S/C18H27N3O2.HI/c1-4-19-18(21-15-6-7-15)20-11-14-10-17-13(8-12(3)23-17)9-16(14)22-5-2;/h9-10,12,15H,4-8,11H2,1-3H3,(H2,19,20,21);1H. The van der Waals surface area contributed by atoms with Gasteiger partial charge in [0.05, 0.1) is 13.2 Å². The number of fused-ring (bicyclic) bond motifs is 1. The molecule has 2 N–H and O–H groups in total. The first-order valence-electron chi connectivity index (χ1n) is 8.69. The Balaban J connectivity index is 0.00000208. The van der Waals surface area contributed by atoms with Gasteiger partial charge < -0.3 is 20.1 Å². The van der Waals surface area contributed by atoms with Gasteiger partial charge in [-0.25, -0.2) is 4.99 Å². The van der Waals surface area contributed by atoms with Crippen molar-refractivity contribution in [3.05, 3.63) is 23.3 Å². The molecule has 0 bridgehead atoms. The topological polar surface area (TPSA) is 54.9 Å². The fourth-order valence-corrected chi connectivity index (χ4v) is 2.80. The summed E-state index contributed by atoms with van der Waals surface area (Å²) in [5.41, 5.74) is 2.31. The molecule has 1 unspecified atom stereocenters. The monoisotopic (exact) mass is 445 g/mol. The molecular weight excluding hydrogens is 417 g/mol. The Morgan fingerprint density at radius 1 is 1.33 bits per heavy atom. The van der Waals surface area contributed by atoms with Gasteiger partial charge in [-0.15, -0.1) is 24.0 Å². The van der Waals surface area contributed by atoms with Crippen LogP contribution in [0.5, 0.6) is 11.5 Å². The maximum Gasteiger partial charge on any atom is 0.191 e. The minimum absolute atomic E-state index is 0. The normalized spacial score (nSPS) is 19.1. The molecular formula is C18H28IN3O2. The van der Waals surface area contributed by atoms with Crippen LogP contribution >= 0.6 is 24.0 Å². The number of hydrogen-bond acceptors (Lipinski definition) is 3. The first-order chi connectivity index (χ1) is 11.2. The molecule has 0 radical (unpaired) electrons. The van der Waals surface area contributed by atoms with Gasteiger partial charge >= 0.3 is 0 Å². The number of rotatable bonds is 6. The molecule has 5 nitrogen and oxygen atoms in total. The van der Waals surface area contributed by atoms with Crippen molar-refractivity contribution in [2.45, 2.75) is 58.7 Å². The van der Waals surface area contributed by atoms with Gasteiger partial charge in [0.1, 0.15) is 17.6 Å². The zero-order chi connectivity index (χ0) is 16.2. The van der Waals surface area contributed by atoms with Gasteiger partial charge in [-0.2, -0.15) is 0 Å². The Bertz CT molecular complexity index is 588. The summed E-state index contributed by atoms with van der Waals surface area (Å²) in [5, 5.41) is 6.74. The van der Waals surface area contributed by atoms with Crippen molar-refractivity contribution >= 4 is 29.9 Å². The van der Waals surface area contributed by atoms with Crippen LogP contribution in [0.4, 0.5) is 0 Å². The summed E-state index contributed by atoms with van der Waals surface area (Å²) in [6.07, 6.45) is 3.66. The van der Waals surface area contributed by atoms with Gasteiger partial charge in [-0.3, -0.25) is 0 Å². The maximum atomic E-state index is 5.87. The van der Waals surface area contributed by atoms with Crippen LogP contribution in [0.25, 0.3) is 0 Å². The molecule has 6 heteroatoms. The maximum absolute atomic E-state index is 5.87. The summed E-state index contributed by atoms with van der Waals surface area (Å²) < 4.78 is 11.7. The Labute approximate surface area is 161 Å². The summed E-state index contributed by atoms with van der Waals surface area (Å²) in [4.78, 5) is 4.71. The Kier molecular flexibility index (Phi) is 7.01. The van der Waals surface area contributed by atoms with E-state index in [0.717, 1.165) is 36.0 Å². The average molecular weight is 445 g/mol. The van der Waals surface area contributed by atoms with Gasteiger partial charge in [-0.1, -0.05) is 0 Å². The van der Waals surface area contributed by atoms with E-state index in [1.165, 1.54) is 18.4 Å². The zero-order valence-electron chi connectivity index (χ0n) is 14.7. The molecule has 0 spiro atoms. The van der Waals surface area contributed by atoms with E-state index in [0.29, 0.717) is 19.2 Å². The molecule has 1 aliphatic carbocycles. The van der Waals surface area contributed by atoms with E-state index < -0.39 is 0 Å². The van der Waals surface area contributed by atoms with Crippen molar-refractivity contribution in [2.24, 2.45) is 4.99 Å². The molecule has 134 valence electrons. The van der Waals surface area contributed by atoms with Gasteiger partial charge in [0, 0.05) is 30.1 Å². The second-order valence-electron chi connectivity index (χ2n) is 6.25. The third kappa shape index (κ3) is 4.91. The van der Waals surface area contributed by atoms with Crippen LogP contribution in [-0.4, -0.2) is 31.3 Å². The summed E-state index contributed by atoms with van der Waals surface area (Å²) in [5.74, 6) is 2.79. The minimum Gasteiger partial charge on any atom is -0.494 e. The highest BCUT2D eigenvalue weighted by molar-refractivity contribution is 14.0. The average Bonchev–Trinajstić information content (AvgIpc) is 3.25. The predicted octanol–water partition coefficient (Wildman–Crippen LogP) is 3.24. The molecule has 2 aliphatic rings. The fraction of sp³-hybridized carbons (Fsp3) is 0.611. The van der Waals surface area contributed by atoms with Crippen molar-refractivity contribution in [2.75, 3.05) is 13.2 Å². The molecule has 3 rings (SSSR count). The Morgan fingerprint density at radius 3 is 2.79 bits per heavy atom. The molecule has 0 amide bonds. The highest BCUT2D eigenvalue weighted by Crippen LogP contribution is 2.35. The first kappa shape index (κ1) is 19.1. The highest BCUT2D eigenvalue weighted by Gasteiger charge is 2.23. The minimum atomic E-state index is 0. The van der Waals surface area contributed by atoms with Gasteiger partial charge in [-0.05, 0) is 45.7 Å². The van der Waals surface area contributed by atoms with E-state index in [1.807, 2.05) is 6.92 Å². The number of ether oxygens (including phenoxy) is 2. The molecule has 0 saturated heterocycles. The van der Waals surface area contributed by atoms with Crippen molar-refractivity contribution in [3.8, 4) is 11.5 Å². The van der Waals surface area contributed by atoms with E-state index in [2.05, 4.69) is 36.6 Å². The molecule has 1 heterocycles. The number of benzene rings is 1. The summed E-state index contributed by atoms with van der Waals surface area (Å²) >= 11 is 0. The second-order valence-corrected chi connectivity index (χ2v) is 6.25. The van der Waals surface area contributed by atoms with Crippen molar-refractivity contribution in [1.29, 1.82) is 0 Å².